The first-order valence-corrected chi connectivity index (χ1v) is 12.1. The van der Waals surface area contributed by atoms with Crippen LogP contribution in [0.3, 0.4) is 0 Å². The molecule has 0 saturated carbocycles. The van der Waals surface area contributed by atoms with Crippen LogP contribution >= 0.6 is 23.2 Å². The van der Waals surface area contributed by atoms with Crippen LogP contribution in [0.15, 0.2) is 47.5 Å². The normalized spacial score (nSPS) is 16.3. The van der Waals surface area contributed by atoms with E-state index in [1.807, 2.05) is 0 Å². The largest absolute Gasteiger partial charge is 0.417 e. The number of hydrogen-bond donors (Lipinski definition) is 2. The molecule has 2 N–H and O–H groups in total. The lowest BCUT2D eigenvalue weighted by Gasteiger charge is -2.29. The van der Waals surface area contributed by atoms with Crippen molar-refractivity contribution >= 4 is 33.2 Å². The van der Waals surface area contributed by atoms with Gasteiger partial charge in [0.1, 0.15) is 10.7 Å². The Morgan fingerprint density at radius 1 is 1.03 bits per heavy atom. The zero-order valence-corrected chi connectivity index (χ0v) is 19.2. The van der Waals surface area contributed by atoms with Crippen molar-refractivity contribution in [2.24, 2.45) is 0 Å². The Morgan fingerprint density at radius 3 is 2.33 bits per heavy atom. The summed E-state index contributed by atoms with van der Waals surface area (Å²) in [4.78, 5) is 7.20. The number of aromatic amines is 1. The van der Waals surface area contributed by atoms with Crippen molar-refractivity contribution in [2.75, 3.05) is 13.1 Å². The highest BCUT2D eigenvalue weighted by Crippen LogP contribution is 2.37. The molecule has 0 atom stereocenters. The smallest absolute Gasteiger partial charge is 0.393 e. The molecule has 2 aromatic carbocycles. The van der Waals surface area contributed by atoms with Gasteiger partial charge in [-0.2, -0.15) is 17.5 Å². The van der Waals surface area contributed by atoms with Crippen molar-refractivity contribution in [1.82, 2.24) is 14.3 Å². The number of nitrogens with zero attached hydrogens (tertiary/aromatic N) is 2. The molecule has 0 radical (unpaired) electrons. The molecule has 0 spiro atoms. The van der Waals surface area contributed by atoms with E-state index in [2.05, 4.69) is 9.97 Å². The standard InChI is InChI=1S/C21H18Cl2F3N3O3S/c22-16-4-2-13(10-19(16)33(31,32)29-7-5-14(30)6-8-29)20-27-11-18(28-20)12-1-3-15(17(23)9-12)21(24,25)26/h1-4,9-11,14,30H,5-8H2,(H,27,28). The molecule has 176 valence electrons. The van der Waals surface area contributed by atoms with Gasteiger partial charge in [-0.05, 0) is 43.2 Å². The van der Waals surface area contributed by atoms with Crippen molar-refractivity contribution in [3.8, 4) is 22.6 Å². The van der Waals surface area contributed by atoms with Crippen molar-refractivity contribution in [2.45, 2.75) is 30.0 Å². The average Bonchev–Trinajstić information content (AvgIpc) is 3.23. The molecule has 0 unspecified atom stereocenters. The van der Waals surface area contributed by atoms with E-state index in [0.717, 1.165) is 6.07 Å². The number of aliphatic hydroxyl groups is 1. The monoisotopic (exact) mass is 519 g/mol. The van der Waals surface area contributed by atoms with E-state index in [-0.39, 0.29) is 23.0 Å². The molecule has 1 aliphatic rings. The lowest BCUT2D eigenvalue weighted by atomic mass is 10.1. The Bertz CT molecular complexity index is 1290. The van der Waals surface area contributed by atoms with Crippen LogP contribution in [0.25, 0.3) is 22.6 Å². The van der Waals surface area contributed by atoms with E-state index >= 15 is 0 Å². The van der Waals surface area contributed by atoms with E-state index in [4.69, 9.17) is 23.2 Å². The van der Waals surface area contributed by atoms with Crippen LogP contribution in [0.1, 0.15) is 18.4 Å². The number of rotatable bonds is 4. The third kappa shape index (κ3) is 4.90. The Labute approximate surface area is 198 Å². The Balaban J connectivity index is 1.65. The molecule has 12 heteroatoms. The highest BCUT2D eigenvalue weighted by Gasteiger charge is 2.33. The maximum atomic E-state index is 13.1. The number of imidazole rings is 1. The molecule has 1 aliphatic heterocycles. The second-order valence-corrected chi connectivity index (χ2v) is 10.3. The second kappa shape index (κ2) is 8.92. The molecule has 1 fully saturated rings. The summed E-state index contributed by atoms with van der Waals surface area (Å²) in [6, 6.07) is 7.74. The molecule has 1 aromatic heterocycles. The van der Waals surface area contributed by atoms with Gasteiger partial charge in [-0.25, -0.2) is 13.4 Å². The molecule has 2 heterocycles. The Hall–Kier alpha value is -2.11. The lowest BCUT2D eigenvalue weighted by molar-refractivity contribution is -0.137. The number of halogens is 5. The van der Waals surface area contributed by atoms with E-state index in [9.17, 15) is 26.7 Å². The molecule has 0 bridgehead atoms. The Kier molecular flexibility index (Phi) is 6.49. The maximum absolute atomic E-state index is 13.1. The summed E-state index contributed by atoms with van der Waals surface area (Å²) in [6.45, 7) is 0.368. The number of aliphatic hydroxyl groups excluding tert-OH is 1. The third-order valence-electron chi connectivity index (χ3n) is 5.39. The van der Waals surface area contributed by atoms with Crippen LogP contribution in [-0.2, 0) is 16.2 Å². The summed E-state index contributed by atoms with van der Waals surface area (Å²) in [5.41, 5.74) is 0.190. The number of benzene rings is 2. The minimum absolute atomic E-state index is 0.0474. The summed E-state index contributed by atoms with van der Waals surface area (Å²) in [7, 11) is -3.89. The fourth-order valence-electron chi connectivity index (χ4n) is 3.59. The van der Waals surface area contributed by atoms with Crippen LogP contribution in [0.2, 0.25) is 10.0 Å². The van der Waals surface area contributed by atoms with E-state index < -0.39 is 32.9 Å². The predicted octanol–water partition coefficient (Wildman–Crippen LogP) is 5.21. The molecule has 0 amide bonds. The first-order valence-electron chi connectivity index (χ1n) is 9.87. The number of nitrogens with one attached hydrogen (secondary N) is 1. The van der Waals surface area contributed by atoms with Gasteiger partial charge in [-0.15, -0.1) is 0 Å². The topological polar surface area (TPSA) is 86.3 Å². The van der Waals surface area contributed by atoms with Crippen LogP contribution in [0.4, 0.5) is 13.2 Å². The molecule has 4 rings (SSSR count). The van der Waals surface area contributed by atoms with Gasteiger partial charge < -0.3 is 10.1 Å². The number of hydrogen-bond acceptors (Lipinski definition) is 4. The van der Waals surface area contributed by atoms with E-state index in [1.165, 1.54) is 34.8 Å². The molecular weight excluding hydrogens is 502 g/mol. The van der Waals surface area contributed by atoms with Crippen molar-refractivity contribution in [3.05, 3.63) is 58.2 Å². The summed E-state index contributed by atoms with van der Waals surface area (Å²) >= 11 is 12.0. The number of aromatic nitrogens is 2. The number of alkyl halides is 3. The first kappa shape index (κ1) is 24.0. The minimum Gasteiger partial charge on any atom is -0.393 e. The van der Waals surface area contributed by atoms with Gasteiger partial charge in [0.15, 0.2) is 0 Å². The van der Waals surface area contributed by atoms with Gasteiger partial charge in [0.2, 0.25) is 10.0 Å². The fraction of sp³-hybridized carbons (Fsp3) is 0.286. The minimum atomic E-state index is -4.57. The number of H-pyrrole nitrogens is 1. The SMILES string of the molecule is O=S(=O)(c1cc(-c2nc(-c3ccc(C(F)(F)F)c(Cl)c3)c[nH]2)ccc1Cl)N1CCC(O)CC1. The molecule has 6 nitrogen and oxygen atoms in total. The van der Waals surface area contributed by atoms with Gasteiger partial charge >= 0.3 is 6.18 Å². The van der Waals surface area contributed by atoms with Crippen LogP contribution in [0.5, 0.6) is 0 Å². The van der Waals surface area contributed by atoms with Gasteiger partial charge in [0.25, 0.3) is 0 Å². The summed E-state index contributed by atoms with van der Waals surface area (Å²) in [5.74, 6) is 0.309. The van der Waals surface area contributed by atoms with Crippen LogP contribution < -0.4 is 0 Å². The molecule has 33 heavy (non-hydrogen) atoms. The van der Waals surface area contributed by atoms with Crippen LogP contribution in [0, 0.1) is 0 Å². The van der Waals surface area contributed by atoms with Gasteiger partial charge in [0, 0.05) is 30.4 Å². The molecule has 3 aromatic rings. The van der Waals surface area contributed by atoms with Crippen molar-refractivity contribution in [3.63, 3.8) is 0 Å². The maximum Gasteiger partial charge on any atom is 0.417 e. The van der Waals surface area contributed by atoms with Crippen molar-refractivity contribution < 1.29 is 26.7 Å². The summed E-state index contributed by atoms with van der Waals surface area (Å²) < 4.78 is 66.3. The van der Waals surface area contributed by atoms with E-state index in [0.29, 0.717) is 35.5 Å². The zero-order chi connectivity index (χ0) is 24.0. The predicted molar refractivity (Wildman–Crippen MR) is 118 cm³/mol. The van der Waals surface area contributed by atoms with E-state index in [1.54, 1.807) is 6.07 Å². The Morgan fingerprint density at radius 2 is 1.70 bits per heavy atom. The average molecular weight is 520 g/mol. The van der Waals surface area contributed by atoms with Gasteiger partial charge in [-0.1, -0.05) is 29.3 Å². The van der Waals surface area contributed by atoms with Gasteiger partial charge in [-0.3, -0.25) is 0 Å². The number of sulfonamides is 1. The van der Waals surface area contributed by atoms with Gasteiger partial charge in [0.05, 0.1) is 27.4 Å². The zero-order valence-electron chi connectivity index (χ0n) is 16.9. The quantitative estimate of drug-likeness (QED) is 0.495. The fourth-order valence-corrected chi connectivity index (χ4v) is 5.85. The second-order valence-electron chi connectivity index (χ2n) is 7.61. The van der Waals surface area contributed by atoms with Crippen molar-refractivity contribution in [1.29, 1.82) is 0 Å². The molecule has 0 aliphatic carbocycles. The van der Waals surface area contributed by atoms with Crippen LogP contribution in [-0.4, -0.2) is 47.0 Å². The summed E-state index contributed by atoms with van der Waals surface area (Å²) in [5, 5.41) is 9.25. The third-order valence-corrected chi connectivity index (χ3v) is 8.09. The molecule has 1 saturated heterocycles. The highest BCUT2D eigenvalue weighted by atomic mass is 35.5. The summed E-state index contributed by atoms with van der Waals surface area (Å²) in [6.07, 6.45) is -2.92. The first-order chi connectivity index (χ1) is 15.5. The lowest BCUT2D eigenvalue weighted by Crippen LogP contribution is -2.40. The number of piperidine rings is 1. The molecular formula is C21H18Cl2F3N3O3S. The highest BCUT2D eigenvalue weighted by molar-refractivity contribution is 7.89.